The van der Waals surface area contributed by atoms with Crippen molar-refractivity contribution in [3.8, 4) is 11.8 Å². The molecule has 2 heterocycles. The summed E-state index contributed by atoms with van der Waals surface area (Å²) in [6, 6.07) is 17.1. The number of fused-ring (bicyclic) bond motifs is 1. The fraction of sp³-hybridized carbons (Fsp3) is 0.227. The molecule has 1 amide bonds. The summed E-state index contributed by atoms with van der Waals surface area (Å²) in [7, 11) is 1.62. The van der Waals surface area contributed by atoms with Crippen LogP contribution < -0.4 is 9.64 Å². The Hall–Kier alpha value is -3.11. The van der Waals surface area contributed by atoms with Gasteiger partial charge in [-0.2, -0.15) is 5.26 Å². The van der Waals surface area contributed by atoms with Crippen molar-refractivity contribution < 1.29 is 9.53 Å². The molecule has 7 heteroatoms. The maximum atomic E-state index is 12.7. The highest BCUT2D eigenvalue weighted by Crippen LogP contribution is 2.27. The lowest BCUT2D eigenvalue weighted by molar-refractivity contribution is 0.0746. The van der Waals surface area contributed by atoms with Crippen molar-refractivity contribution in [2.45, 2.75) is 0 Å². The number of rotatable bonds is 3. The van der Waals surface area contributed by atoms with E-state index in [0.717, 1.165) is 21.1 Å². The average Bonchev–Trinajstić information content (AvgIpc) is 2.78. The van der Waals surface area contributed by atoms with Gasteiger partial charge in [-0.25, -0.2) is 4.98 Å². The maximum absolute atomic E-state index is 12.7. The van der Waals surface area contributed by atoms with Crippen LogP contribution in [-0.4, -0.2) is 49.1 Å². The average molecular weight is 451 g/mol. The van der Waals surface area contributed by atoms with Crippen LogP contribution in [0.15, 0.2) is 53.0 Å². The molecule has 0 spiro atoms. The summed E-state index contributed by atoms with van der Waals surface area (Å²) in [4.78, 5) is 21.4. The summed E-state index contributed by atoms with van der Waals surface area (Å²) in [5.41, 5.74) is 2.00. The number of pyridine rings is 1. The number of nitriles is 1. The maximum Gasteiger partial charge on any atom is 0.253 e. The molecule has 0 bridgehead atoms. The van der Waals surface area contributed by atoms with Crippen LogP contribution in [-0.2, 0) is 0 Å². The Morgan fingerprint density at radius 2 is 1.83 bits per heavy atom. The zero-order chi connectivity index (χ0) is 20.4. The highest BCUT2D eigenvalue weighted by Gasteiger charge is 2.24. The first-order chi connectivity index (χ1) is 14.1. The Morgan fingerprint density at radius 1 is 1.10 bits per heavy atom. The molecule has 1 aliphatic heterocycles. The van der Waals surface area contributed by atoms with Gasteiger partial charge in [0, 0.05) is 47.7 Å². The molecule has 0 saturated carbocycles. The van der Waals surface area contributed by atoms with E-state index in [1.807, 2.05) is 53.4 Å². The zero-order valence-electron chi connectivity index (χ0n) is 15.9. The number of hydrogen-bond donors (Lipinski definition) is 0. The topological polar surface area (TPSA) is 69.5 Å². The highest BCUT2D eigenvalue weighted by molar-refractivity contribution is 9.10. The Morgan fingerprint density at radius 3 is 2.48 bits per heavy atom. The van der Waals surface area contributed by atoms with Gasteiger partial charge in [-0.15, -0.1) is 0 Å². The third-order valence-electron chi connectivity index (χ3n) is 5.08. The van der Waals surface area contributed by atoms with Crippen molar-refractivity contribution >= 4 is 38.6 Å². The first-order valence-corrected chi connectivity index (χ1v) is 10.1. The second kappa shape index (κ2) is 8.10. The monoisotopic (exact) mass is 450 g/mol. The van der Waals surface area contributed by atoms with Crippen LogP contribution in [0.5, 0.6) is 5.75 Å². The van der Waals surface area contributed by atoms with Gasteiger partial charge in [0.1, 0.15) is 17.6 Å². The van der Waals surface area contributed by atoms with E-state index in [1.165, 1.54) is 0 Å². The number of aromatic nitrogens is 1. The number of hydrogen-bond acceptors (Lipinski definition) is 5. The number of amides is 1. The third kappa shape index (κ3) is 3.89. The summed E-state index contributed by atoms with van der Waals surface area (Å²) in [5.74, 6) is 1.41. The predicted octanol–water partition coefficient (Wildman–Crippen LogP) is 3.84. The number of benzene rings is 2. The van der Waals surface area contributed by atoms with Gasteiger partial charge < -0.3 is 14.5 Å². The van der Waals surface area contributed by atoms with E-state index in [1.54, 1.807) is 7.11 Å². The molecule has 0 radical (unpaired) electrons. The third-order valence-corrected chi connectivity index (χ3v) is 5.61. The minimum absolute atomic E-state index is 0.0221. The van der Waals surface area contributed by atoms with E-state index in [-0.39, 0.29) is 5.91 Å². The van der Waals surface area contributed by atoms with Gasteiger partial charge in [0.05, 0.1) is 18.2 Å². The van der Waals surface area contributed by atoms with Crippen molar-refractivity contribution in [3.05, 3.63) is 64.1 Å². The smallest absolute Gasteiger partial charge is 0.253 e. The van der Waals surface area contributed by atoms with Crippen LogP contribution in [0.4, 0.5) is 5.82 Å². The second-order valence-electron chi connectivity index (χ2n) is 6.82. The van der Waals surface area contributed by atoms with Gasteiger partial charge >= 0.3 is 0 Å². The molecule has 29 heavy (non-hydrogen) atoms. The minimum atomic E-state index is 0.0221. The van der Waals surface area contributed by atoms with Crippen LogP contribution >= 0.6 is 15.9 Å². The molecule has 1 fully saturated rings. The number of methoxy groups -OCH3 is 1. The summed E-state index contributed by atoms with van der Waals surface area (Å²) in [6.07, 6.45) is 0. The normalized spacial score (nSPS) is 14.0. The number of carbonyl (C=O) groups excluding carboxylic acids is 1. The van der Waals surface area contributed by atoms with Crippen molar-refractivity contribution in [1.29, 1.82) is 5.26 Å². The Bertz CT molecular complexity index is 1100. The number of anilines is 1. The first kappa shape index (κ1) is 19.2. The van der Waals surface area contributed by atoms with E-state index in [4.69, 9.17) is 9.72 Å². The molecular weight excluding hydrogens is 432 g/mol. The lowest BCUT2D eigenvalue weighted by atomic mass is 10.1. The number of carbonyl (C=O) groups is 1. The number of halogens is 1. The number of nitrogens with zero attached hydrogens (tertiary/aromatic N) is 4. The number of ether oxygens (including phenoxy) is 1. The Balaban J connectivity index is 1.54. The summed E-state index contributed by atoms with van der Waals surface area (Å²) in [6.45, 7) is 2.41. The van der Waals surface area contributed by atoms with Crippen molar-refractivity contribution in [2.75, 3.05) is 38.2 Å². The Labute approximate surface area is 177 Å². The molecular formula is C22H19BrN4O2. The quantitative estimate of drug-likeness (QED) is 0.606. The van der Waals surface area contributed by atoms with Crippen LogP contribution in [0.3, 0.4) is 0 Å². The van der Waals surface area contributed by atoms with Crippen LogP contribution in [0.2, 0.25) is 0 Å². The van der Waals surface area contributed by atoms with Crippen molar-refractivity contribution in [2.24, 2.45) is 0 Å². The zero-order valence-corrected chi connectivity index (χ0v) is 17.5. The molecule has 1 aliphatic rings. The summed E-state index contributed by atoms with van der Waals surface area (Å²) >= 11 is 3.39. The van der Waals surface area contributed by atoms with Crippen molar-refractivity contribution in [1.82, 2.24) is 9.88 Å². The molecule has 0 atom stereocenters. The van der Waals surface area contributed by atoms with Crippen LogP contribution in [0, 0.1) is 11.3 Å². The van der Waals surface area contributed by atoms with E-state index < -0.39 is 0 Å². The molecule has 0 N–H and O–H groups in total. The van der Waals surface area contributed by atoms with Crippen molar-refractivity contribution in [3.63, 3.8) is 0 Å². The van der Waals surface area contributed by atoms with Gasteiger partial charge in [-0.05, 0) is 42.5 Å². The van der Waals surface area contributed by atoms with E-state index in [2.05, 4.69) is 26.9 Å². The van der Waals surface area contributed by atoms with E-state index in [0.29, 0.717) is 43.1 Å². The highest BCUT2D eigenvalue weighted by atomic mass is 79.9. The van der Waals surface area contributed by atoms with E-state index in [9.17, 15) is 10.1 Å². The Kier molecular flexibility index (Phi) is 5.36. The summed E-state index contributed by atoms with van der Waals surface area (Å²) in [5, 5.41) is 10.5. The molecule has 3 aromatic rings. The molecule has 0 unspecified atom stereocenters. The fourth-order valence-corrected chi connectivity index (χ4v) is 3.75. The lowest BCUT2D eigenvalue weighted by Gasteiger charge is -2.36. The van der Waals surface area contributed by atoms with Gasteiger partial charge in [-0.1, -0.05) is 15.9 Å². The largest absolute Gasteiger partial charge is 0.497 e. The molecule has 6 nitrogen and oxygen atoms in total. The standard InChI is InChI=1S/C22H19BrN4O2/c1-29-19-7-4-16-12-17(14-24)21(25-20(16)13-19)26-8-10-27(11-9-26)22(28)15-2-5-18(23)6-3-15/h2-7,12-13H,8-11H2,1H3. The molecule has 1 saturated heterocycles. The molecule has 146 valence electrons. The van der Waals surface area contributed by atoms with Crippen LogP contribution in [0.25, 0.3) is 10.9 Å². The predicted molar refractivity (Wildman–Crippen MR) is 115 cm³/mol. The van der Waals surface area contributed by atoms with Gasteiger partial charge in [-0.3, -0.25) is 4.79 Å². The van der Waals surface area contributed by atoms with Gasteiger partial charge in [0.15, 0.2) is 0 Å². The number of piperazine rings is 1. The molecule has 2 aromatic carbocycles. The minimum Gasteiger partial charge on any atom is -0.497 e. The SMILES string of the molecule is COc1ccc2cc(C#N)c(N3CCN(C(=O)c4ccc(Br)cc4)CC3)nc2c1. The first-order valence-electron chi connectivity index (χ1n) is 9.28. The van der Waals surface area contributed by atoms with Crippen LogP contribution in [0.1, 0.15) is 15.9 Å². The molecule has 4 rings (SSSR count). The van der Waals surface area contributed by atoms with Gasteiger partial charge in [0.2, 0.25) is 0 Å². The second-order valence-corrected chi connectivity index (χ2v) is 7.73. The van der Waals surface area contributed by atoms with Gasteiger partial charge in [0.25, 0.3) is 5.91 Å². The fourth-order valence-electron chi connectivity index (χ4n) is 3.48. The van der Waals surface area contributed by atoms with E-state index >= 15 is 0 Å². The lowest BCUT2D eigenvalue weighted by Crippen LogP contribution is -2.49. The molecule has 1 aromatic heterocycles. The molecule has 0 aliphatic carbocycles. The summed E-state index contributed by atoms with van der Waals surface area (Å²) < 4.78 is 6.23.